The van der Waals surface area contributed by atoms with Gasteiger partial charge in [0, 0.05) is 0 Å². The number of nitrogens with zero attached hydrogens (tertiary/aromatic N) is 1. The number of aliphatic carboxylic acids is 1. The molecule has 0 aliphatic heterocycles. The highest BCUT2D eigenvalue weighted by atomic mass is 32.1. The van der Waals surface area contributed by atoms with Crippen molar-refractivity contribution in [3.05, 3.63) is 58.9 Å². The number of hydrogen-bond acceptors (Lipinski definition) is 4. The predicted molar refractivity (Wildman–Crippen MR) is 92.7 cm³/mol. The van der Waals surface area contributed by atoms with Crippen molar-refractivity contribution >= 4 is 39.2 Å². The molecule has 0 aliphatic rings. The number of carboxylic acids is 1. The lowest BCUT2D eigenvalue weighted by atomic mass is 10.1. The van der Waals surface area contributed by atoms with Crippen molar-refractivity contribution in [1.29, 1.82) is 0 Å². The Morgan fingerprint density at radius 2 is 2.12 bits per heavy atom. The zero-order chi connectivity index (χ0) is 17.1. The molecule has 2 aromatic carbocycles. The highest BCUT2D eigenvalue weighted by Crippen LogP contribution is 2.30. The van der Waals surface area contributed by atoms with Crippen LogP contribution in [0, 0.1) is 5.82 Å². The molecule has 0 saturated carbocycles. The maximum atomic E-state index is 13.8. The molecule has 3 aromatic rings. The van der Waals surface area contributed by atoms with Crippen molar-refractivity contribution in [2.75, 3.05) is 7.11 Å². The molecule has 0 bridgehead atoms. The second kappa shape index (κ2) is 6.80. The van der Waals surface area contributed by atoms with E-state index in [1.807, 2.05) is 24.3 Å². The molecule has 122 valence electrons. The van der Waals surface area contributed by atoms with Gasteiger partial charge in [-0.15, -0.1) is 11.3 Å². The molecule has 0 atom stereocenters. The average Bonchev–Trinajstić information content (AvgIpc) is 2.98. The fraction of sp³-hybridized carbons (Fsp3) is 0.111. The van der Waals surface area contributed by atoms with Crippen LogP contribution in [0.4, 0.5) is 4.39 Å². The lowest BCUT2D eigenvalue weighted by molar-refractivity contribution is -0.135. The zero-order valence-electron chi connectivity index (χ0n) is 12.8. The Hall–Kier alpha value is -2.73. The van der Waals surface area contributed by atoms with Gasteiger partial charge < -0.3 is 9.84 Å². The van der Waals surface area contributed by atoms with Gasteiger partial charge in [0.05, 0.1) is 23.7 Å². The number of hydrogen-bond donors (Lipinski definition) is 1. The van der Waals surface area contributed by atoms with Gasteiger partial charge in [0.25, 0.3) is 0 Å². The van der Waals surface area contributed by atoms with Gasteiger partial charge in [0.15, 0.2) is 11.6 Å². The highest BCUT2D eigenvalue weighted by molar-refractivity contribution is 7.19. The number of rotatable bonds is 5. The molecule has 0 spiro atoms. The van der Waals surface area contributed by atoms with Crippen LogP contribution in [0.5, 0.6) is 5.75 Å². The number of carbonyl (C=O) groups is 1. The summed E-state index contributed by atoms with van der Waals surface area (Å²) in [5.41, 5.74) is 1.91. The summed E-state index contributed by atoms with van der Waals surface area (Å²) in [6, 6.07) is 12.1. The van der Waals surface area contributed by atoms with Crippen LogP contribution in [0.2, 0.25) is 0 Å². The number of benzene rings is 2. The third-order valence-electron chi connectivity index (χ3n) is 3.43. The second-order valence-corrected chi connectivity index (χ2v) is 6.15. The summed E-state index contributed by atoms with van der Waals surface area (Å²) < 4.78 is 19.7. The van der Waals surface area contributed by atoms with E-state index in [0.29, 0.717) is 16.1 Å². The van der Waals surface area contributed by atoms with Gasteiger partial charge >= 0.3 is 5.97 Å². The molecule has 1 aromatic heterocycles. The Bertz CT molecular complexity index is 900. The summed E-state index contributed by atoms with van der Waals surface area (Å²) in [6.45, 7) is 0. The van der Waals surface area contributed by atoms with Crippen molar-refractivity contribution in [2.45, 2.75) is 6.42 Å². The van der Waals surface area contributed by atoms with Crippen LogP contribution in [0.15, 0.2) is 42.5 Å². The maximum absolute atomic E-state index is 13.8. The Labute approximate surface area is 141 Å². The van der Waals surface area contributed by atoms with E-state index in [1.165, 1.54) is 30.6 Å². The van der Waals surface area contributed by atoms with Gasteiger partial charge in [-0.1, -0.05) is 18.2 Å². The largest absolute Gasteiger partial charge is 0.494 e. The van der Waals surface area contributed by atoms with E-state index >= 15 is 0 Å². The number of methoxy groups -OCH3 is 1. The first-order valence-corrected chi connectivity index (χ1v) is 8.00. The number of fused-ring (bicyclic) bond motifs is 1. The van der Waals surface area contributed by atoms with Gasteiger partial charge in [-0.05, 0) is 41.5 Å². The number of para-hydroxylation sites is 1. The van der Waals surface area contributed by atoms with Crippen molar-refractivity contribution < 1.29 is 19.0 Å². The molecule has 1 heterocycles. The van der Waals surface area contributed by atoms with Crippen LogP contribution in [0.25, 0.3) is 21.9 Å². The fourth-order valence-electron chi connectivity index (χ4n) is 2.33. The number of carboxylic acid groups (broad SMARTS) is 1. The van der Waals surface area contributed by atoms with Gasteiger partial charge in [-0.3, -0.25) is 4.79 Å². The topological polar surface area (TPSA) is 59.4 Å². The molecule has 0 amide bonds. The Balaban J connectivity index is 2.05. The normalized spacial score (nSPS) is 11.7. The molecular weight excluding hydrogens is 329 g/mol. The van der Waals surface area contributed by atoms with Crippen molar-refractivity contribution in [3.63, 3.8) is 0 Å². The van der Waals surface area contributed by atoms with Gasteiger partial charge in [-0.25, -0.2) is 9.37 Å². The van der Waals surface area contributed by atoms with E-state index in [2.05, 4.69) is 4.98 Å². The van der Waals surface area contributed by atoms with Crippen LogP contribution < -0.4 is 4.74 Å². The summed E-state index contributed by atoms with van der Waals surface area (Å²) in [6.07, 6.45) is 1.46. The first-order chi connectivity index (χ1) is 11.6. The molecule has 24 heavy (non-hydrogen) atoms. The number of ether oxygens (including phenoxy) is 1. The summed E-state index contributed by atoms with van der Waals surface area (Å²) in [4.78, 5) is 15.7. The molecule has 0 fully saturated rings. The predicted octanol–water partition coefficient (Wildman–Crippen LogP) is 4.46. The van der Waals surface area contributed by atoms with Crippen molar-refractivity contribution in [3.8, 4) is 5.75 Å². The second-order valence-electron chi connectivity index (χ2n) is 5.12. The highest BCUT2D eigenvalue weighted by Gasteiger charge is 2.13. The minimum Gasteiger partial charge on any atom is -0.494 e. The van der Waals surface area contributed by atoms with E-state index in [0.717, 1.165) is 10.2 Å². The van der Waals surface area contributed by atoms with Crippen LogP contribution in [0.3, 0.4) is 0 Å². The summed E-state index contributed by atoms with van der Waals surface area (Å²) in [5, 5.41) is 9.80. The third-order valence-corrected chi connectivity index (χ3v) is 4.54. The molecule has 1 N–H and O–H groups in total. The van der Waals surface area contributed by atoms with Crippen LogP contribution in [-0.4, -0.2) is 23.2 Å². The molecular formula is C18H14FNO3S. The van der Waals surface area contributed by atoms with E-state index in [-0.39, 0.29) is 12.2 Å². The van der Waals surface area contributed by atoms with Crippen molar-refractivity contribution in [1.82, 2.24) is 4.98 Å². The minimum atomic E-state index is -0.963. The first-order valence-electron chi connectivity index (χ1n) is 7.18. The van der Waals surface area contributed by atoms with Crippen LogP contribution >= 0.6 is 11.3 Å². The first kappa shape index (κ1) is 16.1. The van der Waals surface area contributed by atoms with Gasteiger partial charge in [-0.2, -0.15) is 0 Å². The molecule has 6 heteroatoms. The third kappa shape index (κ3) is 3.44. The minimum absolute atomic E-state index is 0.145. The quantitative estimate of drug-likeness (QED) is 0.743. The average molecular weight is 343 g/mol. The van der Waals surface area contributed by atoms with Crippen LogP contribution in [0.1, 0.15) is 17.0 Å². The number of thiazole rings is 1. The van der Waals surface area contributed by atoms with E-state index < -0.39 is 11.8 Å². The molecule has 0 unspecified atom stereocenters. The van der Waals surface area contributed by atoms with Crippen LogP contribution in [-0.2, 0) is 4.79 Å². The maximum Gasteiger partial charge on any atom is 0.307 e. The Morgan fingerprint density at radius 3 is 2.79 bits per heavy atom. The Morgan fingerprint density at radius 1 is 1.33 bits per heavy atom. The monoisotopic (exact) mass is 343 g/mol. The van der Waals surface area contributed by atoms with E-state index in [9.17, 15) is 14.3 Å². The SMILES string of the molecule is COc1ccc(C=C(CC(=O)O)c2nc3ccccc3s2)cc1F. The smallest absolute Gasteiger partial charge is 0.307 e. The van der Waals surface area contributed by atoms with E-state index in [4.69, 9.17) is 4.74 Å². The number of aromatic nitrogens is 1. The fourth-order valence-corrected chi connectivity index (χ4v) is 3.31. The molecule has 3 rings (SSSR count). The molecule has 0 radical (unpaired) electrons. The summed E-state index contributed by atoms with van der Waals surface area (Å²) >= 11 is 1.42. The summed E-state index contributed by atoms with van der Waals surface area (Å²) in [5.74, 6) is -1.31. The summed E-state index contributed by atoms with van der Waals surface area (Å²) in [7, 11) is 1.39. The molecule has 4 nitrogen and oxygen atoms in total. The molecule has 0 saturated heterocycles. The lowest BCUT2D eigenvalue weighted by Gasteiger charge is -2.04. The standard InChI is InChI=1S/C18H14FNO3S/c1-23-15-7-6-11(9-13(15)19)8-12(10-17(21)22)18-20-14-4-2-3-5-16(14)24-18/h2-9H,10H2,1H3,(H,21,22). The van der Waals surface area contributed by atoms with Crippen molar-refractivity contribution in [2.24, 2.45) is 0 Å². The van der Waals surface area contributed by atoms with E-state index in [1.54, 1.807) is 12.1 Å². The zero-order valence-corrected chi connectivity index (χ0v) is 13.6. The van der Waals surface area contributed by atoms with Gasteiger partial charge in [0.1, 0.15) is 5.01 Å². The lowest BCUT2D eigenvalue weighted by Crippen LogP contribution is -1.97. The molecule has 0 aliphatic carbocycles. The number of halogens is 1. The van der Waals surface area contributed by atoms with Gasteiger partial charge in [0.2, 0.25) is 0 Å². The Kier molecular flexibility index (Phi) is 4.57.